The summed E-state index contributed by atoms with van der Waals surface area (Å²) >= 11 is 1.72. The van der Waals surface area contributed by atoms with Crippen LogP contribution >= 0.6 is 11.8 Å². The van der Waals surface area contributed by atoms with Crippen molar-refractivity contribution in [3.05, 3.63) is 29.8 Å². The van der Waals surface area contributed by atoms with Gasteiger partial charge in [0.05, 0.1) is 17.6 Å². The molecule has 2 rings (SSSR count). The lowest BCUT2D eigenvalue weighted by Crippen LogP contribution is -2.39. The lowest BCUT2D eigenvalue weighted by molar-refractivity contribution is 0.167. The lowest BCUT2D eigenvalue weighted by atomic mass is 10.2. The van der Waals surface area contributed by atoms with Crippen molar-refractivity contribution in [3.63, 3.8) is 0 Å². The fraction of sp³-hybridized carbons (Fsp3) is 0.538. The summed E-state index contributed by atoms with van der Waals surface area (Å²) in [7, 11) is -3.06. The van der Waals surface area contributed by atoms with Gasteiger partial charge >= 0.3 is 0 Å². The standard InChI is InChI=1S/C13H19NO3S2/c1-10-2-4-11(5-3-10)18-7-6-14-12-8-19(16,17)9-13(12)15/h2-5,12-15H,6-9H2,1H3/t12-,13+/m0/s1. The summed E-state index contributed by atoms with van der Waals surface area (Å²) in [5.41, 5.74) is 1.24. The Morgan fingerprint density at radius 3 is 2.58 bits per heavy atom. The molecule has 1 heterocycles. The van der Waals surface area contributed by atoms with Gasteiger partial charge in [-0.3, -0.25) is 0 Å². The van der Waals surface area contributed by atoms with E-state index >= 15 is 0 Å². The van der Waals surface area contributed by atoms with Crippen molar-refractivity contribution in [1.82, 2.24) is 5.32 Å². The maximum absolute atomic E-state index is 11.3. The van der Waals surface area contributed by atoms with Gasteiger partial charge in [-0.1, -0.05) is 17.7 Å². The second-order valence-electron chi connectivity index (χ2n) is 4.87. The molecule has 0 amide bonds. The average molecular weight is 301 g/mol. The van der Waals surface area contributed by atoms with Crippen LogP contribution in [0.25, 0.3) is 0 Å². The van der Waals surface area contributed by atoms with Crippen LogP contribution in [-0.2, 0) is 9.84 Å². The molecule has 0 radical (unpaired) electrons. The number of thioether (sulfide) groups is 1. The Balaban J connectivity index is 1.71. The van der Waals surface area contributed by atoms with Crippen molar-refractivity contribution in [2.75, 3.05) is 23.8 Å². The Hall–Kier alpha value is -0.560. The molecule has 2 atom stereocenters. The van der Waals surface area contributed by atoms with Crippen molar-refractivity contribution in [3.8, 4) is 0 Å². The number of aliphatic hydroxyl groups excluding tert-OH is 1. The molecule has 1 aliphatic rings. The zero-order valence-corrected chi connectivity index (χ0v) is 12.5. The van der Waals surface area contributed by atoms with Crippen LogP contribution in [0.4, 0.5) is 0 Å². The minimum Gasteiger partial charge on any atom is -0.390 e. The second-order valence-corrected chi connectivity index (χ2v) is 8.19. The van der Waals surface area contributed by atoms with Crippen LogP contribution in [0.5, 0.6) is 0 Å². The molecule has 0 bridgehead atoms. The molecular formula is C13H19NO3S2. The summed E-state index contributed by atoms with van der Waals surface area (Å²) in [6, 6.07) is 7.99. The summed E-state index contributed by atoms with van der Waals surface area (Å²) in [5, 5.41) is 12.7. The second kappa shape index (κ2) is 6.26. The van der Waals surface area contributed by atoms with Crippen LogP contribution in [-0.4, -0.2) is 49.5 Å². The van der Waals surface area contributed by atoms with Crippen molar-refractivity contribution < 1.29 is 13.5 Å². The van der Waals surface area contributed by atoms with Gasteiger partial charge in [0.15, 0.2) is 9.84 Å². The minimum absolute atomic E-state index is 0.0450. The number of rotatable bonds is 5. The Bertz CT molecular complexity index is 513. The summed E-state index contributed by atoms with van der Waals surface area (Å²) in [6.07, 6.45) is -0.769. The number of hydrogen-bond acceptors (Lipinski definition) is 5. The van der Waals surface area contributed by atoms with E-state index in [2.05, 4.69) is 36.5 Å². The van der Waals surface area contributed by atoms with Crippen LogP contribution in [0.15, 0.2) is 29.2 Å². The molecule has 4 nitrogen and oxygen atoms in total. The fourth-order valence-electron chi connectivity index (χ4n) is 2.07. The van der Waals surface area contributed by atoms with Gasteiger partial charge < -0.3 is 10.4 Å². The molecule has 1 aliphatic heterocycles. The third kappa shape index (κ3) is 4.49. The van der Waals surface area contributed by atoms with E-state index in [1.807, 2.05) is 0 Å². The molecular weight excluding hydrogens is 282 g/mol. The highest BCUT2D eigenvalue weighted by atomic mass is 32.2. The number of hydrogen-bond donors (Lipinski definition) is 2. The van der Waals surface area contributed by atoms with Crippen LogP contribution < -0.4 is 5.32 Å². The van der Waals surface area contributed by atoms with Crippen molar-refractivity contribution in [2.24, 2.45) is 0 Å². The zero-order valence-electron chi connectivity index (χ0n) is 10.9. The van der Waals surface area contributed by atoms with Crippen LogP contribution in [0, 0.1) is 6.92 Å². The van der Waals surface area contributed by atoms with Crippen molar-refractivity contribution in [2.45, 2.75) is 24.0 Å². The predicted molar refractivity (Wildman–Crippen MR) is 78.4 cm³/mol. The summed E-state index contributed by atoms with van der Waals surface area (Å²) in [6.45, 7) is 2.74. The summed E-state index contributed by atoms with van der Waals surface area (Å²) < 4.78 is 22.7. The molecule has 0 aliphatic carbocycles. The Morgan fingerprint density at radius 2 is 2.00 bits per heavy atom. The topological polar surface area (TPSA) is 66.4 Å². The third-order valence-corrected chi connectivity index (χ3v) is 5.85. The third-order valence-electron chi connectivity index (χ3n) is 3.12. The van der Waals surface area contributed by atoms with Gasteiger partial charge in [-0.05, 0) is 19.1 Å². The number of aliphatic hydroxyl groups is 1. The quantitative estimate of drug-likeness (QED) is 0.623. The summed E-state index contributed by atoms with van der Waals surface area (Å²) in [5.74, 6) is 0.783. The maximum atomic E-state index is 11.3. The Kier molecular flexibility index (Phi) is 4.89. The SMILES string of the molecule is Cc1ccc(SCCN[C@H]2CS(=O)(=O)C[C@H]2O)cc1. The molecule has 1 aromatic carbocycles. The fourth-order valence-corrected chi connectivity index (χ4v) is 4.63. The molecule has 1 saturated heterocycles. The van der Waals surface area contributed by atoms with E-state index in [1.165, 1.54) is 10.5 Å². The molecule has 0 saturated carbocycles. The van der Waals surface area contributed by atoms with E-state index in [1.54, 1.807) is 11.8 Å². The first-order valence-corrected chi connectivity index (χ1v) is 9.08. The zero-order chi connectivity index (χ0) is 13.9. The van der Waals surface area contributed by atoms with Gasteiger partial charge in [0.25, 0.3) is 0 Å². The number of nitrogens with one attached hydrogen (secondary N) is 1. The highest BCUT2D eigenvalue weighted by molar-refractivity contribution is 7.99. The highest BCUT2D eigenvalue weighted by Crippen LogP contribution is 2.18. The molecule has 0 unspecified atom stereocenters. The van der Waals surface area contributed by atoms with Gasteiger partial charge in [0.2, 0.25) is 0 Å². The monoisotopic (exact) mass is 301 g/mol. The van der Waals surface area contributed by atoms with Gasteiger partial charge in [-0.15, -0.1) is 11.8 Å². The molecule has 6 heteroatoms. The van der Waals surface area contributed by atoms with E-state index in [0.717, 1.165) is 5.75 Å². The van der Waals surface area contributed by atoms with E-state index in [-0.39, 0.29) is 17.5 Å². The predicted octanol–water partition coefficient (Wildman–Crippen LogP) is 0.835. The van der Waals surface area contributed by atoms with Gasteiger partial charge in [0.1, 0.15) is 0 Å². The summed E-state index contributed by atoms with van der Waals surface area (Å²) in [4.78, 5) is 1.20. The first kappa shape index (κ1) is 14.8. The normalized spacial score (nSPS) is 25.6. The smallest absolute Gasteiger partial charge is 0.154 e. The Labute approximate surface area is 118 Å². The molecule has 2 N–H and O–H groups in total. The molecule has 106 valence electrons. The Morgan fingerprint density at radius 1 is 1.32 bits per heavy atom. The molecule has 1 fully saturated rings. The number of sulfone groups is 1. The molecule has 19 heavy (non-hydrogen) atoms. The van der Waals surface area contributed by atoms with E-state index < -0.39 is 15.9 Å². The van der Waals surface area contributed by atoms with E-state index in [4.69, 9.17) is 0 Å². The van der Waals surface area contributed by atoms with Gasteiger partial charge in [-0.25, -0.2) is 8.42 Å². The van der Waals surface area contributed by atoms with Crippen LogP contribution in [0.1, 0.15) is 5.56 Å². The highest BCUT2D eigenvalue weighted by Gasteiger charge is 2.35. The van der Waals surface area contributed by atoms with E-state index in [0.29, 0.717) is 6.54 Å². The minimum atomic E-state index is -3.06. The molecule has 0 aromatic heterocycles. The lowest BCUT2D eigenvalue weighted by Gasteiger charge is -2.14. The number of benzene rings is 1. The van der Waals surface area contributed by atoms with Gasteiger partial charge in [0, 0.05) is 23.2 Å². The van der Waals surface area contributed by atoms with Crippen molar-refractivity contribution >= 4 is 21.6 Å². The molecule has 0 spiro atoms. The van der Waals surface area contributed by atoms with E-state index in [9.17, 15) is 13.5 Å². The van der Waals surface area contributed by atoms with Crippen LogP contribution in [0.2, 0.25) is 0 Å². The van der Waals surface area contributed by atoms with Crippen LogP contribution in [0.3, 0.4) is 0 Å². The first-order chi connectivity index (χ1) is 8.96. The first-order valence-electron chi connectivity index (χ1n) is 6.28. The maximum Gasteiger partial charge on any atom is 0.154 e. The largest absolute Gasteiger partial charge is 0.390 e. The van der Waals surface area contributed by atoms with Crippen molar-refractivity contribution in [1.29, 1.82) is 0 Å². The van der Waals surface area contributed by atoms with Gasteiger partial charge in [-0.2, -0.15) is 0 Å². The molecule has 1 aromatic rings. The average Bonchev–Trinajstić information content (AvgIpc) is 2.60. The number of aryl methyl sites for hydroxylation is 1.